The number of aromatic nitrogens is 3. The summed E-state index contributed by atoms with van der Waals surface area (Å²) in [7, 11) is 0. The highest BCUT2D eigenvalue weighted by atomic mass is 127. The average molecular weight is 276 g/mol. The SMILES string of the molecule is Clc1nnc(I)nc1Cl. The molecule has 0 spiro atoms. The van der Waals surface area contributed by atoms with E-state index in [1.807, 2.05) is 22.6 Å². The highest BCUT2D eigenvalue weighted by Crippen LogP contribution is 2.14. The molecule has 0 aliphatic heterocycles. The molecule has 0 aliphatic carbocycles. The van der Waals surface area contributed by atoms with Gasteiger partial charge in [0.25, 0.3) is 0 Å². The van der Waals surface area contributed by atoms with Gasteiger partial charge in [-0.3, -0.25) is 0 Å². The number of nitrogens with zero attached hydrogens (tertiary/aromatic N) is 3. The average Bonchev–Trinajstić information content (AvgIpc) is 1.80. The second-order valence-electron chi connectivity index (χ2n) is 1.16. The van der Waals surface area contributed by atoms with Crippen LogP contribution in [0.5, 0.6) is 0 Å². The zero-order valence-electron chi connectivity index (χ0n) is 3.98. The Hall–Kier alpha value is 0.320. The van der Waals surface area contributed by atoms with Crippen LogP contribution in [0.3, 0.4) is 0 Å². The fourth-order valence-corrected chi connectivity index (χ4v) is 0.965. The molecule has 48 valence electrons. The van der Waals surface area contributed by atoms with Crippen molar-refractivity contribution in [2.75, 3.05) is 0 Å². The maximum absolute atomic E-state index is 5.46. The first kappa shape index (κ1) is 7.43. The van der Waals surface area contributed by atoms with E-state index in [1.54, 1.807) is 0 Å². The van der Waals surface area contributed by atoms with E-state index in [0.29, 0.717) is 3.83 Å². The van der Waals surface area contributed by atoms with Crippen LogP contribution in [-0.2, 0) is 0 Å². The maximum Gasteiger partial charge on any atom is 0.213 e. The molecule has 1 aromatic rings. The van der Waals surface area contributed by atoms with Crippen LogP contribution < -0.4 is 0 Å². The molecule has 0 aliphatic rings. The highest BCUT2D eigenvalue weighted by Gasteiger charge is 1.99. The molecule has 0 saturated heterocycles. The van der Waals surface area contributed by atoms with Gasteiger partial charge in [-0.2, -0.15) is 0 Å². The van der Waals surface area contributed by atoms with Crippen LogP contribution in [0.15, 0.2) is 0 Å². The molecule has 0 aromatic carbocycles. The van der Waals surface area contributed by atoms with E-state index in [4.69, 9.17) is 23.2 Å². The zero-order chi connectivity index (χ0) is 6.85. The Balaban J connectivity index is 3.17. The summed E-state index contributed by atoms with van der Waals surface area (Å²) in [5, 5.41) is 7.37. The first-order chi connectivity index (χ1) is 4.20. The second kappa shape index (κ2) is 2.94. The van der Waals surface area contributed by atoms with Crippen LogP contribution in [0.25, 0.3) is 0 Å². The number of halogens is 3. The van der Waals surface area contributed by atoms with E-state index in [2.05, 4.69) is 15.2 Å². The smallest absolute Gasteiger partial charge is 0.206 e. The number of rotatable bonds is 0. The Bertz CT molecular complexity index is 228. The van der Waals surface area contributed by atoms with Crippen molar-refractivity contribution >= 4 is 45.8 Å². The summed E-state index contributed by atoms with van der Waals surface area (Å²) in [6.07, 6.45) is 0. The lowest BCUT2D eigenvalue weighted by atomic mass is 10.9. The molecule has 0 fully saturated rings. The van der Waals surface area contributed by atoms with Crippen molar-refractivity contribution in [2.45, 2.75) is 0 Å². The van der Waals surface area contributed by atoms with E-state index < -0.39 is 0 Å². The van der Waals surface area contributed by atoms with Gasteiger partial charge in [-0.1, -0.05) is 23.2 Å². The first-order valence-corrected chi connectivity index (χ1v) is 3.75. The zero-order valence-corrected chi connectivity index (χ0v) is 7.64. The van der Waals surface area contributed by atoms with Gasteiger partial charge >= 0.3 is 0 Å². The van der Waals surface area contributed by atoms with Crippen LogP contribution in [0.1, 0.15) is 0 Å². The van der Waals surface area contributed by atoms with Crippen molar-refractivity contribution in [3.8, 4) is 0 Å². The predicted molar refractivity (Wildman–Crippen MR) is 42.6 cm³/mol. The van der Waals surface area contributed by atoms with E-state index in [0.717, 1.165) is 0 Å². The van der Waals surface area contributed by atoms with Gasteiger partial charge in [-0.25, -0.2) is 4.98 Å². The molecule has 0 radical (unpaired) electrons. The molecule has 3 nitrogen and oxygen atoms in total. The molecule has 0 saturated carbocycles. The number of hydrogen-bond acceptors (Lipinski definition) is 3. The van der Waals surface area contributed by atoms with Crippen LogP contribution >= 0.6 is 45.8 Å². The van der Waals surface area contributed by atoms with E-state index >= 15 is 0 Å². The number of hydrogen-bond donors (Lipinski definition) is 0. The molecular formula is C3Cl2IN3. The van der Waals surface area contributed by atoms with Crippen LogP contribution in [-0.4, -0.2) is 15.2 Å². The molecular weight excluding hydrogens is 276 g/mol. The molecule has 1 aromatic heterocycles. The van der Waals surface area contributed by atoms with Gasteiger partial charge in [-0.05, 0) is 0 Å². The minimum Gasteiger partial charge on any atom is -0.206 e. The fraction of sp³-hybridized carbons (Fsp3) is 0. The summed E-state index contributed by atoms with van der Waals surface area (Å²) >= 11 is 12.8. The topological polar surface area (TPSA) is 38.7 Å². The fourth-order valence-electron chi connectivity index (χ4n) is 0.276. The van der Waals surface area contributed by atoms with Crippen LogP contribution in [0.2, 0.25) is 10.3 Å². The van der Waals surface area contributed by atoms with Gasteiger partial charge in [0.15, 0.2) is 10.3 Å². The summed E-state index contributed by atoms with van der Waals surface area (Å²) in [5.74, 6) is 0. The lowest BCUT2D eigenvalue weighted by Gasteiger charge is -1.89. The maximum atomic E-state index is 5.46. The second-order valence-corrected chi connectivity index (χ2v) is 2.84. The van der Waals surface area contributed by atoms with E-state index in [9.17, 15) is 0 Å². The summed E-state index contributed by atoms with van der Waals surface area (Å²) in [6.45, 7) is 0. The molecule has 0 bridgehead atoms. The summed E-state index contributed by atoms with van der Waals surface area (Å²) in [6, 6.07) is 0. The van der Waals surface area contributed by atoms with Gasteiger partial charge < -0.3 is 0 Å². The molecule has 0 N–H and O–H groups in total. The Morgan fingerprint density at radius 2 is 1.78 bits per heavy atom. The quantitative estimate of drug-likeness (QED) is 0.678. The van der Waals surface area contributed by atoms with Crippen molar-refractivity contribution < 1.29 is 0 Å². The largest absolute Gasteiger partial charge is 0.213 e. The van der Waals surface area contributed by atoms with E-state index in [-0.39, 0.29) is 10.3 Å². The third-order valence-electron chi connectivity index (χ3n) is 0.581. The van der Waals surface area contributed by atoms with Crippen molar-refractivity contribution in [1.82, 2.24) is 15.2 Å². The van der Waals surface area contributed by atoms with Gasteiger partial charge in [0.2, 0.25) is 3.83 Å². The minimum atomic E-state index is 0.136. The third-order valence-corrected chi connectivity index (χ3v) is 1.65. The van der Waals surface area contributed by atoms with E-state index in [1.165, 1.54) is 0 Å². The Morgan fingerprint density at radius 3 is 2.22 bits per heavy atom. The van der Waals surface area contributed by atoms with Gasteiger partial charge in [-0.15, -0.1) is 10.2 Å². The molecule has 6 heteroatoms. The molecule has 1 rings (SSSR count). The monoisotopic (exact) mass is 275 g/mol. The molecule has 1 heterocycles. The highest BCUT2D eigenvalue weighted by molar-refractivity contribution is 14.1. The summed E-state index contributed by atoms with van der Waals surface area (Å²) in [4.78, 5) is 3.72. The van der Waals surface area contributed by atoms with Crippen LogP contribution in [0, 0.1) is 3.83 Å². The lowest BCUT2D eigenvalue weighted by molar-refractivity contribution is 0.932. The van der Waals surface area contributed by atoms with Crippen molar-refractivity contribution in [1.29, 1.82) is 0 Å². The van der Waals surface area contributed by atoms with Crippen LogP contribution in [0.4, 0.5) is 0 Å². The summed E-state index contributed by atoms with van der Waals surface area (Å²) < 4.78 is 0.488. The Kier molecular flexibility index (Phi) is 2.42. The van der Waals surface area contributed by atoms with Gasteiger partial charge in [0.1, 0.15) is 0 Å². The first-order valence-electron chi connectivity index (χ1n) is 1.91. The lowest BCUT2D eigenvalue weighted by Crippen LogP contribution is -1.91. The van der Waals surface area contributed by atoms with Crippen molar-refractivity contribution in [3.63, 3.8) is 0 Å². The predicted octanol–water partition coefficient (Wildman–Crippen LogP) is 1.78. The van der Waals surface area contributed by atoms with Gasteiger partial charge in [0.05, 0.1) is 0 Å². The standard InChI is InChI=1S/C3Cl2IN3/c4-1-2(5)8-9-3(6)7-1. The van der Waals surface area contributed by atoms with Crippen molar-refractivity contribution in [2.24, 2.45) is 0 Å². The third kappa shape index (κ3) is 1.87. The summed E-state index contributed by atoms with van der Waals surface area (Å²) in [5.41, 5.74) is 0. The molecule has 0 atom stereocenters. The Morgan fingerprint density at radius 1 is 1.11 bits per heavy atom. The molecule has 0 unspecified atom stereocenters. The van der Waals surface area contributed by atoms with Gasteiger partial charge in [0, 0.05) is 22.6 Å². The Labute approximate surface area is 74.9 Å². The molecule has 9 heavy (non-hydrogen) atoms. The minimum absolute atomic E-state index is 0.136. The van der Waals surface area contributed by atoms with Crippen molar-refractivity contribution in [3.05, 3.63) is 14.1 Å². The normalized spacial score (nSPS) is 9.67. The molecule has 0 amide bonds.